The molecule has 0 fully saturated rings. The smallest absolute Gasteiger partial charge is 0.417 e. The number of rotatable bonds is 5. The number of carbonyl (C=O) groups is 1. The molecule has 0 spiro atoms. The Bertz CT molecular complexity index is 548. The van der Waals surface area contributed by atoms with Gasteiger partial charge in [0.15, 0.2) is 0 Å². The molecule has 0 heterocycles. The summed E-state index contributed by atoms with van der Waals surface area (Å²) in [5.74, 6) is -1.50. The molecule has 1 rings (SSSR count). The van der Waals surface area contributed by atoms with Gasteiger partial charge >= 0.3 is 18.3 Å². The molecule has 1 atom stereocenters. The molecule has 0 N–H and O–H groups in total. The van der Waals surface area contributed by atoms with Crippen molar-refractivity contribution in [3.05, 3.63) is 34.9 Å². The van der Waals surface area contributed by atoms with Crippen LogP contribution in [0, 0.1) is 5.92 Å². The summed E-state index contributed by atoms with van der Waals surface area (Å²) in [6, 6.07) is 0.712. The Kier molecular flexibility index (Phi) is 6.07. The van der Waals surface area contributed by atoms with Gasteiger partial charge in [0.1, 0.15) is 0 Å². The van der Waals surface area contributed by atoms with E-state index in [1.54, 1.807) is 6.92 Å². The summed E-state index contributed by atoms with van der Waals surface area (Å²) in [4.78, 5) is 11.8. The minimum Gasteiger partial charge on any atom is -0.462 e. The minimum atomic E-state index is -4.95. The fourth-order valence-electron chi connectivity index (χ4n) is 2.01. The van der Waals surface area contributed by atoms with Crippen molar-refractivity contribution in [3.8, 4) is 0 Å². The van der Waals surface area contributed by atoms with E-state index in [4.69, 9.17) is 4.74 Å². The summed E-state index contributed by atoms with van der Waals surface area (Å²) in [7, 11) is 0. The Labute approximate surface area is 129 Å². The van der Waals surface area contributed by atoms with E-state index in [1.165, 1.54) is 0 Å². The third-order valence-electron chi connectivity index (χ3n) is 3.15. The summed E-state index contributed by atoms with van der Waals surface area (Å²) in [5.41, 5.74) is -3.91. The van der Waals surface area contributed by atoms with Gasteiger partial charge in [-0.3, -0.25) is 0 Å². The Morgan fingerprint density at radius 3 is 2.22 bits per heavy atom. The summed E-state index contributed by atoms with van der Waals surface area (Å²) in [6.07, 6.45) is -8.33. The molecule has 0 aromatic heterocycles. The predicted molar refractivity (Wildman–Crippen MR) is 70.8 cm³/mol. The molecule has 8 heteroatoms. The zero-order valence-electron chi connectivity index (χ0n) is 12.5. The highest BCUT2D eigenvalue weighted by Gasteiger charge is 2.39. The molecular formula is C15H16F6O2. The van der Waals surface area contributed by atoms with Crippen molar-refractivity contribution in [1.82, 2.24) is 0 Å². The number of esters is 1. The fourth-order valence-corrected chi connectivity index (χ4v) is 2.01. The second-order valence-electron chi connectivity index (χ2n) is 5.25. The second kappa shape index (κ2) is 7.23. The molecule has 1 aromatic carbocycles. The van der Waals surface area contributed by atoms with E-state index < -0.39 is 35.0 Å². The highest BCUT2D eigenvalue weighted by Crippen LogP contribution is 2.36. The molecule has 0 aliphatic rings. The Hall–Kier alpha value is -1.73. The van der Waals surface area contributed by atoms with Gasteiger partial charge in [-0.2, -0.15) is 26.3 Å². The van der Waals surface area contributed by atoms with E-state index in [9.17, 15) is 31.1 Å². The lowest BCUT2D eigenvalue weighted by molar-refractivity contribution is -0.141. The third-order valence-corrected chi connectivity index (χ3v) is 3.15. The van der Waals surface area contributed by atoms with Crippen molar-refractivity contribution in [2.24, 2.45) is 5.92 Å². The average molecular weight is 342 g/mol. The number of hydrogen-bond donors (Lipinski definition) is 0. The molecule has 0 aliphatic carbocycles. The van der Waals surface area contributed by atoms with Gasteiger partial charge in [0, 0.05) is 0 Å². The molecule has 23 heavy (non-hydrogen) atoms. The van der Waals surface area contributed by atoms with Crippen LogP contribution in [0.25, 0.3) is 0 Å². The van der Waals surface area contributed by atoms with Crippen molar-refractivity contribution in [2.45, 2.75) is 39.0 Å². The molecule has 0 amide bonds. The van der Waals surface area contributed by atoms with Crippen LogP contribution in [0.1, 0.15) is 48.2 Å². The molecule has 0 bridgehead atoms. The van der Waals surface area contributed by atoms with Gasteiger partial charge in [-0.25, -0.2) is 4.79 Å². The van der Waals surface area contributed by atoms with E-state index in [2.05, 4.69) is 0 Å². The van der Waals surface area contributed by atoms with Crippen molar-refractivity contribution in [2.75, 3.05) is 6.61 Å². The van der Waals surface area contributed by atoms with Crippen LogP contribution in [0.4, 0.5) is 26.3 Å². The molecule has 130 valence electrons. The first kappa shape index (κ1) is 19.3. The van der Waals surface area contributed by atoms with E-state index >= 15 is 0 Å². The maximum Gasteiger partial charge on any atom is 0.417 e. The maximum atomic E-state index is 12.9. The van der Waals surface area contributed by atoms with Gasteiger partial charge < -0.3 is 4.74 Å². The first-order valence-corrected chi connectivity index (χ1v) is 6.92. The van der Waals surface area contributed by atoms with E-state index in [1.807, 2.05) is 6.92 Å². The molecule has 1 unspecified atom stereocenters. The van der Waals surface area contributed by atoms with Crippen LogP contribution in [-0.4, -0.2) is 12.6 Å². The normalized spacial score (nSPS) is 13.7. The van der Waals surface area contributed by atoms with Crippen molar-refractivity contribution >= 4 is 5.97 Å². The van der Waals surface area contributed by atoms with Crippen molar-refractivity contribution in [3.63, 3.8) is 0 Å². The van der Waals surface area contributed by atoms with Crippen LogP contribution in [-0.2, 0) is 17.1 Å². The Morgan fingerprint density at radius 1 is 1.13 bits per heavy atom. The van der Waals surface area contributed by atoms with Crippen LogP contribution in [0.2, 0.25) is 0 Å². The second-order valence-corrected chi connectivity index (χ2v) is 5.25. The van der Waals surface area contributed by atoms with Gasteiger partial charge in [0.2, 0.25) is 0 Å². The number of ether oxygens (including phenoxy) is 1. The maximum absolute atomic E-state index is 12.9. The van der Waals surface area contributed by atoms with Crippen LogP contribution in [0.3, 0.4) is 0 Å². The molecule has 0 saturated heterocycles. The molecular weight excluding hydrogens is 326 g/mol. The SMILES string of the molecule is CCCC(C)COC(=O)c1cc(C(F)(F)F)ccc1C(F)(F)F. The van der Waals surface area contributed by atoms with Crippen molar-refractivity contribution < 1.29 is 35.9 Å². The van der Waals surface area contributed by atoms with Crippen LogP contribution in [0.5, 0.6) is 0 Å². The molecule has 0 radical (unpaired) electrons. The van der Waals surface area contributed by atoms with Gasteiger partial charge in [-0.1, -0.05) is 20.3 Å². The Balaban J connectivity index is 3.12. The highest BCUT2D eigenvalue weighted by molar-refractivity contribution is 5.91. The lowest BCUT2D eigenvalue weighted by Crippen LogP contribution is -2.19. The summed E-state index contributed by atoms with van der Waals surface area (Å²) in [5, 5.41) is 0. The van der Waals surface area contributed by atoms with Crippen molar-refractivity contribution in [1.29, 1.82) is 0 Å². The number of carbonyl (C=O) groups excluding carboxylic acids is 1. The lowest BCUT2D eigenvalue weighted by atomic mass is 10.0. The molecule has 1 aromatic rings. The average Bonchev–Trinajstić information content (AvgIpc) is 2.42. The van der Waals surface area contributed by atoms with Crippen LogP contribution >= 0.6 is 0 Å². The topological polar surface area (TPSA) is 26.3 Å². The zero-order chi connectivity index (χ0) is 17.8. The number of alkyl halides is 6. The monoisotopic (exact) mass is 342 g/mol. The summed E-state index contributed by atoms with van der Waals surface area (Å²) >= 11 is 0. The van der Waals surface area contributed by atoms with Crippen LogP contribution < -0.4 is 0 Å². The van der Waals surface area contributed by atoms with Gasteiger partial charge in [-0.05, 0) is 30.5 Å². The van der Waals surface area contributed by atoms with Crippen LogP contribution in [0.15, 0.2) is 18.2 Å². The standard InChI is InChI=1S/C15H16F6O2/c1-3-4-9(2)8-23-13(22)11-7-10(14(16,17)18)5-6-12(11)15(19,20)21/h5-7,9H,3-4,8H2,1-2H3. The quantitative estimate of drug-likeness (QED) is 0.535. The molecule has 0 saturated carbocycles. The molecule has 2 nitrogen and oxygen atoms in total. The Morgan fingerprint density at radius 2 is 1.74 bits per heavy atom. The van der Waals surface area contributed by atoms with Gasteiger partial charge in [0.25, 0.3) is 0 Å². The minimum absolute atomic E-state index is 0.0934. The number of halogens is 6. The first-order chi connectivity index (χ1) is 10.5. The number of hydrogen-bond acceptors (Lipinski definition) is 2. The molecule has 0 aliphatic heterocycles. The van der Waals surface area contributed by atoms with E-state index in [0.29, 0.717) is 12.5 Å². The predicted octanol–water partition coefficient (Wildman–Crippen LogP) is 5.32. The third kappa shape index (κ3) is 5.44. The number of benzene rings is 1. The summed E-state index contributed by atoms with van der Waals surface area (Å²) in [6.45, 7) is 3.46. The van der Waals surface area contributed by atoms with Gasteiger partial charge in [0.05, 0.1) is 23.3 Å². The highest BCUT2D eigenvalue weighted by atomic mass is 19.4. The largest absolute Gasteiger partial charge is 0.462 e. The van der Waals surface area contributed by atoms with E-state index in [-0.39, 0.29) is 24.7 Å². The lowest BCUT2D eigenvalue weighted by Gasteiger charge is -2.16. The first-order valence-electron chi connectivity index (χ1n) is 6.92. The summed E-state index contributed by atoms with van der Waals surface area (Å²) < 4.78 is 81.3. The fraction of sp³-hybridized carbons (Fsp3) is 0.533. The zero-order valence-corrected chi connectivity index (χ0v) is 12.5. The van der Waals surface area contributed by atoms with E-state index in [0.717, 1.165) is 6.42 Å². The van der Waals surface area contributed by atoms with Gasteiger partial charge in [-0.15, -0.1) is 0 Å².